The minimum absolute atomic E-state index is 0.136. The van der Waals surface area contributed by atoms with Crippen molar-refractivity contribution in [3.05, 3.63) is 48.5 Å². The fourth-order valence-corrected chi connectivity index (χ4v) is 2.12. The molecule has 0 atom stereocenters. The van der Waals surface area contributed by atoms with Crippen molar-refractivity contribution in [3.8, 4) is 5.69 Å². The summed E-state index contributed by atoms with van der Waals surface area (Å²) in [6.07, 6.45) is 4.56. The summed E-state index contributed by atoms with van der Waals surface area (Å²) in [4.78, 5) is 27.9. The largest absolute Gasteiger partial charge is 0.465 e. The Morgan fingerprint density at radius 2 is 1.76 bits per heavy atom. The number of hydrogen-bond acceptors (Lipinski definition) is 5. The molecule has 0 amide bonds. The Balaban J connectivity index is 2.26. The summed E-state index contributed by atoms with van der Waals surface area (Å²) in [5.74, 6) is -3.16. The van der Waals surface area contributed by atoms with Gasteiger partial charge in [-0.2, -0.15) is 0 Å². The first-order valence-electron chi connectivity index (χ1n) is 7.87. The van der Waals surface area contributed by atoms with E-state index in [1.165, 1.54) is 18.2 Å². The average molecular weight is 346 g/mol. The molecule has 0 bridgehead atoms. The summed E-state index contributed by atoms with van der Waals surface area (Å²) >= 11 is 0. The molecular weight excluding hydrogens is 327 g/mol. The molecule has 25 heavy (non-hydrogen) atoms. The number of halogens is 1. The fourth-order valence-electron chi connectivity index (χ4n) is 2.12. The van der Waals surface area contributed by atoms with Gasteiger partial charge in [0.2, 0.25) is 0 Å². The lowest BCUT2D eigenvalue weighted by Crippen LogP contribution is -2.29. The third kappa shape index (κ3) is 4.76. The maximum absolute atomic E-state index is 14.0. The molecule has 0 aliphatic rings. The topological polar surface area (TPSA) is 69.9 Å². The quantitative estimate of drug-likeness (QED) is 0.439. The number of esters is 2. The van der Waals surface area contributed by atoms with Crippen LogP contribution in [0, 0.1) is 11.7 Å². The molecule has 7 heteroatoms. The molecule has 0 saturated carbocycles. The molecule has 1 aromatic carbocycles. The van der Waals surface area contributed by atoms with Gasteiger partial charge in [0.05, 0.1) is 24.6 Å². The standard InChI is InChI=1S/C18H19FN2O4/c1-3-24-17(22)14(18(23)25-4-2)12-20-13-7-8-15(19)16(11-13)21-9-5-6-10-21/h5-12,14H,3-4H2,1-2H3. The van der Waals surface area contributed by atoms with Crippen LogP contribution in [0.25, 0.3) is 5.69 Å². The minimum Gasteiger partial charge on any atom is -0.465 e. The van der Waals surface area contributed by atoms with E-state index >= 15 is 0 Å². The van der Waals surface area contributed by atoms with E-state index in [4.69, 9.17) is 9.47 Å². The van der Waals surface area contributed by atoms with Crippen molar-refractivity contribution in [3.63, 3.8) is 0 Å². The number of aliphatic imine (C=N–C) groups is 1. The van der Waals surface area contributed by atoms with Crippen LogP contribution in [0.15, 0.2) is 47.7 Å². The maximum atomic E-state index is 14.0. The summed E-state index contributed by atoms with van der Waals surface area (Å²) in [6, 6.07) is 7.77. The fraction of sp³-hybridized carbons (Fsp3) is 0.278. The van der Waals surface area contributed by atoms with Crippen molar-refractivity contribution in [1.29, 1.82) is 0 Å². The first kappa shape index (κ1) is 18.4. The number of ether oxygens (including phenoxy) is 2. The normalized spacial score (nSPS) is 11.0. The predicted molar refractivity (Wildman–Crippen MR) is 90.6 cm³/mol. The van der Waals surface area contributed by atoms with Crippen LogP contribution in [0.4, 0.5) is 10.1 Å². The van der Waals surface area contributed by atoms with Crippen molar-refractivity contribution >= 4 is 23.8 Å². The summed E-state index contributed by atoms with van der Waals surface area (Å²) in [6.45, 7) is 3.55. The number of hydrogen-bond donors (Lipinski definition) is 0. The van der Waals surface area contributed by atoms with Crippen molar-refractivity contribution in [2.75, 3.05) is 13.2 Å². The predicted octanol–water partition coefficient (Wildman–Crippen LogP) is 3.06. The molecule has 0 radical (unpaired) electrons. The first-order chi connectivity index (χ1) is 12.1. The van der Waals surface area contributed by atoms with E-state index < -0.39 is 23.7 Å². The Bertz CT molecular complexity index is 738. The Kier molecular flexibility index (Phi) is 6.45. The number of carbonyl (C=O) groups is 2. The summed E-state index contributed by atoms with van der Waals surface area (Å²) in [7, 11) is 0. The summed E-state index contributed by atoms with van der Waals surface area (Å²) < 4.78 is 25.3. The van der Waals surface area contributed by atoms with Gasteiger partial charge < -0.3 is 14.0 Å². The highest BCUT2D eigenvalue weighted by Crippen LogP contribution is 2.21. The van der Waals surface area contributed by atoms with Crippen molar-refractivity contribution in [2.24, 2.45) is 10.9 Å². The lowest BCUT2D eigenvalue weighted by molar-refractivity contribution is -0.157. The molecule has 0 saturated heterocycles. The molecular formula is C18H19FN2O4. The van der Waals surface area contributed by atoms with E-state index in [1.807, 2.05) is 0 Å². The van der Waals surface area contributed by atoms with Crippen molar-refractivity contribution in [1.82, 2.24) is 4.57 Å². The summed E-state index contributed by atoms with van der Waals surface area (Å²) in [5.41, 5.74) is 0.701. The Hall–Kier alpha value is -2.96. The van der Waals surface area contributed by atoms with Crippen LogP contribution >= 0.6 is 0 Å². The second kappa shape index (κ2) is 8.77. The zero-order valence-corrected chi connectivity index (χ0v) is 14.0. The Morgan fingerprint density at radius 1 is 1.16 bits per heavy atom. The smallest absolute Gasteiger partial charge is 0.325 e. The van der Waals surface area contributed by atoms with Gasteiger partial charge in [-0.3, -0.25) is 14.6 Å². The number of nitrogens with zero attached hydrogens (tertiary/aromatic N) is 2. The number of rotatable bonds is 7. The second-order valence-electron chi connectivity index (χ2n) is 4.99. The van der Waals surface area contributed by atoms with Gasteiger partial charge in [-0.15, -0.1) is 0 Å². The molecule has 1 aromatic heterocycles. The Labute approximate surface area is 144 Å². The van der Waals surface area contributed by atoms with Gasteiger partial charge in [-0.05, 0) is 44.2 Å². The zero-order valence-electron chi connectivity index (χ0n) is 14.0. The third-order valence-electron chi connectivity index (χ3n) is 3.27. The van der Waals surface area contributed by atoms with E-state index in [0.717, 1.165) is 6.21 Å². The van der Waals surface area contributed by atoms with Crippen molar-refractivity contribution < 1.29 is 23.5 Å². The van der Waals surface area contributed by atoms with E-state index in [0.29, 0.717) is 11.4 Å². The molecule has 0 unspecified atom stereocenters. The van der Waals surface area contributed by atoms with Gasteiger partial charge >= 0.3 is 11.9 Å². The Morgan fingerprint density at radius 3 is 2.32 bits per heavy atom. The van der Waals surface area contributed by atoms with Gasteiger partial charge in [-0.25, -0.2) is 4.39 Å². The van der Waals surface area contributed by atoms with Crippen LogP contribution in [-0.2, 0) is 19.1 Å². The van der Waals surface area contributed by atoms with Gasteiger partial charge in [-0.1, -0.05) is 0 Å². The third-order valence-corrected chi connectivity index (χ3v) is 3.27. The lowest BCUT2D eigenvalue weighted by atomic mass is 10.1. The number of benzene rings is 1. The molecule has 0 spiro atoms. The first-order valence-corrected chi connectivity index (χ1v) is 7.87. The van der Waals surface area contributed by atoms with Crippen LogP contribution in [-0.4, -0.2) is 35.9 Å². The molecule has 0 aliphatic heterocycles. The monoisotopic (exact) mass is 346 g/mol. The highest BCUT2D eigenvalue weighted by Gasteiger charge is 2.27. The highest BCUT2D eigenvalue weighted by molar-refractivity contribution is 6.09. The van der Waals surface area contributed by atoms with Crippen molar-refractivity contribution in [2.45, 2.75) is 13.8 Å². The highest BCUT2D eigenvalue weighted by atomic mass is 19.1. The number of aromatic nitrogens is 1. The molecule has 1 heterocycles. The van der Waals surface area contributed by atoms with E-state index in [1.54, 1.807) is 42.9 Å². The molecule has 2 aromatic rings. The lowest BCUT2D eigenvalue weighted by Gasteiger charge is -2.10. The van der Waals surface area contributed by atoms with Crippen LogP contribution in [0.1, 0.15) is 13.8 Å². The summed E-state index contributed by atoms with van der Waals surface area (Å²) in [5, 5.41) is 0. The van der Waals surface area contributed by atoms with Gasteiger partial charge in [0.1, 0.15) is 5.82 Å². The van der Waals surface area contributed by atoms with E-state index in [9.17, 15) is 14.0 Å². The van der Waals surface area contributed by atoms with E-state index in [2.05, 4.69) is 4.99 Å². The average Bonchev–Trinajstić information content (AvgIpc) is 3.11. The molecule has 0 fully saturated rings. The molecule has 6 nitrogen and oxygen atoms in total. The van der Waals surface area contributed by atoms with Gasteiger partial charge in [0, 0.05) is 18.6 Å². The molecule has 0 N–H and O–H groups in total. The molecule has 132 valence electrons. The minimum atomic E-state index is -1.26. The zero-order chi connectivity index (χ0) is 18.2. The van der Waals surface area contributed by atoms with Crippen LogP contribution in [0.5, 0.6) is 0 Å². The van der Waals surface area contributed by atoms with Gasteiger partial charge in [0.25, 0.3) is 0 Å². The van der Waals surface area contributed by atoms with Crippen LogP contribution in [0.2, 0.25) is 0 Å². The number of carbonyl (C=O) groups excluding carboxylic acids is 2. The van der Waals surface area contributed by atoms with Crippen LogP contribution < -0.4 is 0 Å². The molecule has 0 aliphatic carbocycles. The molecule has 2 rings (SSSR count). The second-order valence-corrected chi connectivity index (χ2v) is 4.99. The maximum Gasteiger partial charge on any atom is 0.325 e. The van der Waals surface area contributed by atoms with Crippen LogP contribution in [0.3, 0.4) is 0 Å². The SMILES string of the molecule is CCOC(=O)C(C=Nc1ccc(F)c(-n2cccc2)c1)C(=O)OCC. The van der Waals surface area contributed by atoms with E-state index in [-0.39, 0.29) is 13.2 Å². The van der Waals surface area contributed by atoms with Gasteiger partial charge in [0.15, 0.2) is 5.92 Å².